The van der Waals surface area contributed by atoms with E-state index in [2.05, 4.69) is 70.8 Å². The Hall–Kier alpha value is -1.94. The largest absolute Gasteiger partial charge is 0.271 e. The van der Waals surface area contributed by atoms with Gasteiger partial charge in [-0.3, -0.25) is 11.3 Å². The van der Waals surface area contributed by atoms with Gasteiger partial charge in [-0.2, -0.15) is 11.3 Å². The molecule has 2 aromatic carbocycles. The van der Waals surface area contributed by atoms with Crippen molar-refractivity contribution in [2.75, 3.05) is 0 Å². The second kappa shape index (κ2) is 6.68. The highest BCUT2D eigenvalue weighted by atomic mass is 32.1. The molecule has 0 aliphatic heterocycles. The summed E-state index contributed by atoms with van der Waals surface area (Å²) >= 11 is 1.72. The minimum atomic E-state index is 0.143. The third kappa shape index (κ3) is 3.39. The monoisotopic (exact) mass is 294 g/mol. The minimum absolute atomic E-state index is 0.143. The van der Waals surface area contributed by atoms with E-state index >= 15 is 0 Å². The standard InChI is InChI=1S/C18H18N2S/c19-20-18(12-14-10-11-21-13-14)17-8-6-16(7-9-17)15-4-2-1-3-5-15/h1-11,13,18,20H,12,19H2. The summed E-state index contributed by atoms with van der Waals surface area (Å²) < 4.78 is 0. The minimum Gasteiger partial charge on any atom is -0.271 e. The Morgan fingerprint density at radius 2 is 1.62 bits per heavy atom. The van der Waals surface area contributed by atoms with Crippen LogP contribution in [-0.4, -0.2) is 0 Å². The van der Waals surface area contributed by atoms with Gasteiger partial charge in [0.25, 0.3) is 0 Å². The molecule has 0 saturated carbocycles. The first-order valence-electron chi connectivity index (χ1n) is 6.99. The highest BCUT2D eigenvalue weighted by molar-refractivity contribution is 7.07. The fourth-order valence-electron chi connectivity index (χ4n) is 2.46. The average molecular weight is 294 g/mol. The third-order valence-electron chi connectivity index (χ3n) is 3.64. The van der Waals surface area contributed by atoms with Crippen LogP contribution in [0.25, 0.3) is 11.1 Å². The Morgan fingerprint density at radius 3 is 2.24 bits per heavy atom. The number of hydrogen-bond acceptors (Lipinski definition) is 3. The van der Waals surface area contributed by atoms with Crippen LogP contribution in [0.3, 0.4) is 0 Å². The van der Waals surface area contributed by atoms with Gasteiger partial charge in [-0.05, 0) is 45.5 Å². The molecule has 0 amide bonds. The molecule has 0 radical (unpaired) electrons. The van der Waals surface area contributed by atoms with Gasteiger partial charge < -0.3 is 0 Å². The highest BCUT2D eigenvalue weighted by Crippen LogP contribution is 2.24. The Kier molecular flexibility index (Phi) is 4.46. The molecule has 3 rings (SSSR count). The average Bonchev–Trinajstić information content (AvgIpc) is 3.07. The second-order valence-electron chi connectivity index (χ2n) is 5.04. The van der Waals surface area contributed by atoms with E-state index < -0.39 is 0 Å². The van der Waals surface area contributed by atoms with Gasteiger partial charge in [0.2, 0.25) is 0 Å². The van der Waals surface area contributed by atoms with Gasteiger partial charge in [0, 0.05) is 0 Å². The number of hydrazine groups is 1. The van der Waals surface area contributed by atoms with Crippen molar-refractivity contribution >= 4 is 11.3 Å². The first-order chi connectivity index (χ1) is 10.4. The summed E-state index contributed by atoms with van der Waals surface area (Å²) in [5.74, 6) is 5.72. The maximum absolute atomic E-state index is 5.72. The lowest BCUT2D eigenvalue weighted by Gasteiger charge is -2.16. The van der Waals surface area contributed by atoms with Gasteiger partial charge in [0.05, 0.1) is 6.04 Å². The molecular formula is C18H18N2S. The van der Waals surface area contributed by atoms with Crippen molar-refractivity contribution in [1.82, 2.24) is 5.43 Å². The van der Waals surface area contributed by atoms with E-state index in [4.69, 9.17) is 5.84 Å². The van der Waals surface area contributed by atoms with E-state index in [1.54, 1.807) is 11.3 Å². The van der Waals surface area contributed by atoms with Crippen molar-refractivity contribution in [2.24, 2.45) is 5.84 Å². The molecule has 1 unspecified atom stereocenters. The molecule has 0 spiro atoms. The normalized spacial score (nSPS) is 12.2. The molecule has 1 heterocycles. The predicted octanol–water partition coefficient (Wildman–Crippen LogP) is 4.16. The van der Waals surface area contributed by atoms with Crippen molar-refractivity contribution in [3.8, 4) is 11.1 Å². The molecular weight excluding hydrogens is 276 g/mol. The maximum atomic E-state index is 5.72. The van der Waals surface area contributed by atoms with Gasteiger partial charge in [-0.25, -0.2) is 0 Å². The van der Waals surface area contributed by atoms with Gasteiger partial charge in [-0.15, -0.1) is 0 Å². The Morgan fingerprint density at radius 1 is 0.905 bits per heavy atom. The Balaban J connectivity index is 1.79. The van der Waals surface area contributed by atoms with Crippen LogP contribution in [0.15, 0.2) is 71.4 Å². The number of nitrogens with one attached hydrogen (secondary N) is 1. The van der Waals surface area contributed by atoms with Crippen LogP contribution in [0, 0.1) is 0 Å². The fraction of sp³-hybridized carbons (Fsp3) is 0.111. The van der Waals surface area contributed by atoms with Crippen molar-refractivity contribution in [3.63, 3.8) is 0 Å². The molecule has 21 heavy (non-hydrogen) atoms. The fourth-order valence-corrected chi connectivity index (χ4v) is 3.14. The number of nitrogens with two attached hydrogens (primary N) is 1. The van der Waals surface area contributed by atoms with Crippen molar-refractivity contribution in [3.05, 3.63) is 82.6 Å². The van der Waals surface area contributed by atoms with E-state index in [-0.39, 0.29) is 6.04 Å². The number of benzene rings is 2. The van der Waals surface area contributed by atoms with E-state index in [9.17, 15) is 0 Å². The van der Waals surface area contributed by atoms with Crippen molar-refractivity contribution < 1.29 is 0 Å². The summed E-state index contributed by atoms with van der Waals surface area (Å²) in [6, 6.07) is 21.3. The van der Waals surface area contributed by atoms with Gasteiger partial charge in [0.15, 0.2) is 0 Å². The highest BCUT2D eigenvalue weighted by Gasteiger charge is 2.11. The van der Waals surface area contributed by atoms with E-state index in [0.717, 1.165) is 6.42 Å². The quantitative estimate of drug-likeness (QED) is 0.547. The lowest BCUT2D eigenvalue weighted by molar-refractivity contribution is 0.553. The lowest BCUT2D eigenvalue weighted by Crippen LogP contribution is -2.29. The lowest BCUT2D eigenvalue weighted by atomic mass is 9.98. The molecule has 3 heteroatoms. The summed E-state index contributed by atoms with van der Waals surface area (Å²) in [5, 5.41) is 4.27. The van der Waals surface area contributed by atoms with Crippen LogP contribution in [0.5, 0.6) is 0 Å². The number of rotatable bonds is 5. The smallest absolute Gasteiger partial charge is 0.0500 e. The van der Waals surface area contributed by atoms with Crippen molar-refractivity contribution in [2.45, 2.75) is 12.5 Å². The third-order valence-corrected chi connectivity index (χ3v) is 4.37. The zero-order chi connectivity index (χ0) is 14.5. The van der Waals surface area contributed by atoms with Crippen molar-refractivity contribution in [1.29, 1.82) is 0 Å². The maximum Gasteiger partial charge on any atom is 0.0500 e. The summed E-state index contributed by atoms with van der Waals surface area (Å²) in [6.45, 7) is 0. The molecule has 0 aliphatic rings. The topological polar surface area (TPSA) is 38.0 Å². The molecule has 1 atom stereocenters. The van der Waals surface area contributed by atoms with Crippen LogP contribution in [0.1, 0.15) is 17.2 Å². The van der Waals surface area contributed by atoms with E-state index in [0.29, 0.717) is 0 Å². The molecule has 1 aromatic heterocycles. The molecule has 106 valence electrons. The molecule has 0 saturated heterocycles. The first kappa shape index (κ1) is 14.0. The Labute approximate surface area is 129 Å². The molecule has 0 fully saturated rings. The van der Waals surface area contributed by atoms with Crippen LogP contribution in [0.4, 0.5) is 0 Å². The van der Waals surface area contributed by atoms with E-state index in [1.807, 2.05) is 6.07 Å². The molecule has 0 aliphatic carbocycles. The number of hydrogen-bond donors (Lipinski definition) is 2. The summed E-state index contributed by atoms with van der Waals surface area (Å²) in [6.07, 6.45) is 0.907. The second-order valence-corrected chi connectivity index (χ2v) is 5.82. The first-order valence-corrected chi connectivity index (χ1v) is 7.93. The molecule has 3 N–H and O–H groups in total. The molecule has 2 nitrogen and oxygen atoms in total. The predicted molar refractivity (Wildman–Crippen MR) is 90.0 cm³/mol. The van der Waals surface area contributed by atoms with Gasteiger partial charge in [0.1, 0.15) is 0 Å². The van der Waals surface area contributed by atoms with Crippen LogP contribution in [0.2, 0.25) is 0 Å². The van der Waals surface area contributed by atoms with Gasteiger partial charge in [-0.1, -0.05) is 54.6 Å². The SMILES string of the molecule is NNC(Cc1ccsc1)c1ccc(-c2ccccc2)cc1. The zero-order valence-corrected chi connectivity index (χ0v) is 12.5. The van der Waals surface area contributed by atoms with Crippen LogP contribution < -0.4 is 11.3 Å². The summed E-state index contributed by atoms with van der Waals surface area (Å²) in [5.41, 5.74) is 7.91. The van der Waals surface area contributed by atoms with Gasteiger partial charge >= 0.3 is 0 Å². The van der Waals surface area contributed by atoms with Crippen LogP contribution >= 0.6 is 11.3 Å². The summed E-state index contributed by atoms with van der Waals surface area (Å²) in [7, 11) is 0. The summed E-state index contributed by atoms with van der Waals surface area (Å²) in [4.78, 5) is 0. The molecule has 3 aromatic rings. The number of thiophene rings is 1. The van der Waals surface area contributed by atoms with Crippen LogP contribution in [-0.2, 0) is 6.42 Å². The van der Waals surface area contributed by atoms with E-state index in [1.165, 1.54) is 22.3 Å². The zero-order valence-electron chi connectivity index (χ0n) is 11.7. The molecule has 0 bridgehead atoms. The Bertz CT molecular complexity index is 660.